The van der Waals surface area contributed by atoms with E-state index < -0.39 is 27.9 Å². The van der Waals surface area contributed by atoms with Gasteiger partial charge in [0.15, 0.2) is 0 Å². The van der Waals surface area contributed by atoms with Crippen molar-refractivity contribution < 1.29 is 31.8 Å². The summed E-state index contributed by atoms with van der Waals surface area (Å²) >= 11 is 0. The number of nitrogens with one attached hydrogen (secondary N) is 1. The highest BCUT2D eigenvalue weighted by atomic mass is 32.2. The number of halogens is 1. The molecule has 0 radical (unpaired) electrons. The molecule has 0 aliphatic heterocycles. The van der Waals surface area contributed by atoms with Crippen LogP contribution in [-0.2, 0) is 26.0 Å². The third-order valence-electron chi connectivity index (χ3n) is 3.80. The van der Waals surface area contributed by atoms with Gasteiger partial charge in [0.2, 0.25) is 10.0 Å². The first kappa shape index (κ1) is 20.7. The lowest BCUT2D eigenvalue weighted by Gasteiger charge is -2.18. The van der Waals surface area contributed by atoms with Crippen LogP contribution in [0.3, 0.4) is 0 Å². The van der Waals surface area contributed by atoms with Crippen LogP contribution in [0.4, 0.5) is 4.39 Å². The summed E-state index contributed by atoms with van der Waals surface area (Å²) < 4.78 is 55.9. The molecule has 1 N–H and O–H groups in total. The molecule has 0 aliphatic rings. The van der Waals surface area contributed by atoms with E-state index >= 15 is 0 Å². The molecule has 27 heavy (non-hydrogen) atoms. The molecule has 0 aromatic heterocycles. The van der Waals surface area contributed by atoms with E-state index in [2.05, 4.69) is 4.72 Å². The van der Waals surface area contributed by atoms with Gasteiger partial charge in [-0.25, -0.2) is 12.8 Å². The van der Waals surface area contributed by atoms with E-state index in [1.54, 1.807) is 6.07 Å². The number of carbonyl (C=O) groups is 1. The Balaban J connectivity index is 2.35. The van der Waals surface area contributed by atoms with E-state index in [1.165, 1.54) is 50.6 Å². The summed E-state index contributed by atoms with van der Waals surface area (Å²) in [5.41, 5.74) is 0.562. The molecule has 0 amide bonds. The minimum Gasteiger partial charge on any atom is -0.497 e. The van der Waals surface area contributed by atoms with Crippen LogP contribution in [0.5, 0.6) is 11.5 Å². The van der Waals surface area contributed by atoms with Crippen LogP contribution in [0.1, 0.15) is 5.56 Å². The van der Waals surface area contributed by atoms with Gasteiger partial charge >= 0.3 is 5.97 Å². The quantitative estimate of drug-likeness (QED) is 0.685. The molecule has 0 fully saturated rings. The SMILES string of the molecule is COC(=O)C(Cc1ccc(F)cc1)NS(=O)(=O)c1cc(OC)ccc1OC. The molecule has 0 heterocycles. The van der Waals surface area contributed by atoms with E-state index in [0.717, 1.165) is 7.11 Å². The van der Waals surface area contributed by atoms with E-state index in [0.29, 0.717) is 11.3 Å². The fourth-order valence-corrected chi connectivity index (χ4v) is 3.78. The van der Waals surface area contributed by atoms with Crippen LogP contribution < -0.4 is 14.2 Å². The van der Waals surface area contributed by atoms with Gasteiger partial charge in [0.05, 0.1) is 21.3 Å². The van der Waals surface area contributed by atoms with Crippen LogP contribution in [0.15, 0.2) is 47.4 Å². The van der Waals surface area contributed by atoms with Gasteiger partial charge in [0, 0.05) is 6.07 Å². The summed E-state index contributed by atoms with van der Waals surface area (Å²) in [6, 6.07) is 8.45. The molecule has 0 aliphatic carbocycles. The lowest BCUT2D eigenvalue weighted by Crippen LogP contribution is -2.43. The summed E-state index contributed by atoms with van der Waals surface area (Å²) in [6.07, 6.45) is -0.0154. The molecule has 9 heteroatoms. The Morgan fingerprint density at radius 1 is 1.07 bits per heavy atom. The van der Waals surface area contributed by atoms with Crippen LogP contribution >= 0.6 is 0 Å². The zero-order valence-electron chi connectivity index (χ0n) is 15.1. The Morgan fingerprint density at radius 2 is 1.74 bits per heavy atom. The molecule has 2 aromatic rings. The lowest BCUT2D eigenvalue weighted by atomic mass is 10.1. The standard InChI is InChI=1S/C18H20FNO6S/c1-24-14-8-9-16(25-2)17(11-14)27(22,23)20-15(18(21)26-3)10-12-4-6-13(19)7-5-12/h4-9,11,15,20H,10H2,1-3H3. The van der Waals surface area contributed by atoms with Crippen molar-refractivity contribution in [3.63, 3.8) is 0 Å². The first-order chi connectivity index (χ1) is 12.8. The Labute approximate surface area is 157 Å². The number of hydrogen-bond acceptors (Lipinski definition) is 6. The largest absolute Gasteiger partial charge is 0.497 e. The summed E-state index contributed by atoms with van der Waals surface area (Å²) in [5, 5.41) is 0. The Kier molecular flexibility index (Phi) is 6.75. The van der Waals surface area contributed by atoms with Crippen LogP contribution in [-0.4, -0.2) is 41.8 Å². The Hall–Kier alpha value is -2.65. The van der Waals surface area contributed by atoms with E-state index in [4.69, 9.17) is 14.2 Å². The van der Waals surface area contributed by atoms with Crippen LogP contribution in [0.25, 0.3) is 0 Å². The van der Waals surface area contributed by atoms with Crippen LogP contribution in [0, 0.1) is 5.82 Å². The first-order valence-corrected chi connectivity index (χ1v) is 9.35. The maximum absolute atomic E-state index is 13.1. The molecule has 7 nitrogen and oxygen atoms in total. The highest BCUT2D eigenvalue weighted by Crippen LogP contribution is 2.28. The molecule has 2 aromatic carbocycles. The van der Waals surface area contributed by atoms with Gasteiger partial charge in [-0.1, -0.05) is 12.1 Å². The molecular formula is C18H20FNO6S. The summed E-state index contributed by atoms with van der Waals surface area (Å²) in [4.78, 5) is 11.9. The number of hydrogen-bond donors (Lipinski definition) is 1. The van der Waals surface area contributed by atoms with E-state index in [1.807, 2.05) is 0 Å². The lowest BCUT2D eigenvalue weighted by molar-refractivity contribution is -0.142. The van der Waals surface area contributed by atoms with Gasteiger partial charge in [-0.05, 0) is 36.2 Å². The highest BCUT2D eigenvalue weighted by molar-refractivity contribution is 7.89. The third-order valence-corrected chi connectivity index (χ3v) is 5.29. The second-order valence-electron chi connectivity index (χ2n) is 5.54. The fourth-order valence-electron chi connectivity index (χ4n) is 2.42. The van der Waals surface area contributed by atoms with Crippen molar-refractivity contribution in [3.05, 3.63) is 53.8 Å². The Morgan fingerprint density at radius 3 is 2.30 bits per heavy atom. The van der Waals surface area contributed by atoms with Crippen molar-refractivity contribution in [2.24, 2.45) is 0 Å². The van der Waals surface area contributed by atoms with Gasteiger partial charge < -0.3 is 14.2 Å². The van der Waals surface area contributed by atoms with Gasteiger partial charge in [-0.2, -0.15) is 4.72 Å². The second kappa shape index (κ2) is 8.83. The normalized spacial score (nSPS) is 12.3. The predicted octanol–water partition coefficient (Wildman–Crippen LogP) is 1.91. The molecule has 0 saturated carbocycles. The molecule has 146 valence electrons. The van der Waals surface area contributed by atoms with E-state index in [-0.39, 0.29) is 17.1 Å². The van der Waals surface area contributed by atoms with Crippen molar-refractivity contribution in [2.75, 3.05) is 21.3 Å². The molecule has 2 rings (SSSR count). The molecule has 1 unspecified atom stereocenters. The van der Waals surface area contributed by atoms with Crippen molar-refractivity contribution in [3.8, 4) is 11.5 Å². The number of methoxy groups -OCH3 is 3. The average molecular weight is 397 g/mol. The molecule has 0 saturated heterocycles. The molecule has 0 spiro atoms. The zero-order valence-corrected chi connectivity index (χ0v) is 15.9. The average Bonchev–Trinajstić information content (AvgIpc) is 2.67. The highest BCUT2D eigenvalue weighted by Gasteiger charge is 2.29. The van der Waals surface area contributed by atoms with Gasteiger partial charge in [0.25, 0.3) is 0 Å². The monoisotopic (exact) mass is 397 g/mol. The second-order valence-corrected chi connectivity index (χ2v) is 7.23. The number of esters is 1. The van der Waals surface area contributed by atoms with Crippen molar-refractivity contribution >= 4 is 16.0 Å². The molecule has 0 bridgehead atoms. The fraction of sp³-hybridized carbons (Fsp3) is 0.278. The number of rotatable bonds is 8. The minimum absolute atomic E-state index is 0.0154. The van der Waals surface area contributed by atoms with Gasteiger partial charge in [0.1, 0.15) is 28.3 Å². The zero-order chi connectivity index (χ0) is 20.0. The Bertz CT molecular complexity index is 899. The maximum Gasteiger partial charge on any atom is 0.324 e. The summed E-state index contributed by atoms with van der Waals surface area (Å²) in [7, 11) is -0.264. The topological polar surface area (TPSA) is 90.9 Å². The van der Waals surface area contributed by atoms with Gasteiger partial charge in [-0.3, -0.25) is 4.79 Å². The van der Waals surface area contributed by atoms with Crippen molar-refractivity contribution in [1.29, 1.82) is 0 Å². The smallest absolute Gasteiger partial charge is 0.324 e. The van der Waals surface area contributed by atoms with E-state index in [9.17, 15) is 17.6 Å². The van der Waals surface area contributed by atoms with Crippen molar-refractivity contribution in [1.82, 2.24) is 4.72 Å². The predicted molar refractivity (Wildman–Crippen MR) is 95.8 cm³/mol. The van der Waals surface area contributed by atoms with Crippen molar-refractivity contribution in [2.45, 2.75) is 17.4 Å². The number of benzene rings is 2. The maximum atomic E-state index is 13.1. The number of carbonyl (C=O) groups excluding carboxylic acids is 1. The van der Waals surface area contributed by atoms with Crippen LogP contribution in [0.2, 0.25) is 0 Å². The number of sulfonamides is 1. The molecular weight excluding hydrogens is 377 g/mol. The first-order valence-electron chi connectivity index (χ1n) is 7.87. The minimum atomic E-state index is -4.15. The van der Waals surface area contributed by atoms with Gasteiger partial charge in [-0.15, -0.1) is 0 Å². The summed E-state index contributed by atoms with van der Waals surface area (Å²) in [6.45, 7) is 0. The summed E-state index contributed by atoms with van der Waals surface area (Å²) in [5.74, 6) is -0.808. The molecule has 1 atom stereocenters. The third kappa shape index (κ3) is 5.18. The number of ether oxygens (including phenoxy) is 3.